The molecule has 0 radical (unpaired) electrons. The van der Waals surface area contributed by atoms with Gasteiger partial charge in [-0.1, -0.05) is 72.3 Å². The first-order chi connectivity index (χ1) is 13.0. The standard InChI is InChI=1S/C21H16ClNO3S/c22-17-11-13-18(14-12-17)27(25,26)23-19(15-7-3-1-4-8-15)20(23)21(24)16-9-5-2-6-10-16/h1-14,19-20H/t19-,20-,23?/m0/s1. The number of rotatable bonds is 5. The van der Waals surface area contributed by atoms with Gasteiger partial charge in [0, 0.05) is 10.6 Å². The molecule has 4 nitrogen and oxygen atoms in total. The maximum atomic E-state index is 13.2. The number of hydrogen-bond acceptors (Lipinski definition) is 3. The molecule has 27 heavy (non-hydrogen) atoms. The normalized spacial score (nSPS) is 21.6. The summed E-state index contributed by atoms with van der Waals surface area (Å²) in [5.74, 6) is -0.206. The van der Waals surface area contributed by atoms with Gasteiger partial charge in [0.1, 0.15) is 6.04 Å². The fourth-order valence-electron chi connectivity index (χ4n) is 3.25. The Labute approximate surface area is 163 Å². The van der Waals surface area contributed by atoms with Crippen LogP contribution in [-0.4, -0.2) is 24.5 Å². The van der Waals surface area contributed by atoms with E-state index in [9.17, 15) is 13.2 Å². The molecule has 4 rings (SSSR count). The molecule has 6 heteroatoms. The lowest BCUT2D eigenvalue weighted by atomic mass is 10.0. The number of Topliss-reactive ketones (excluding diaryl/α,β-unsaturated/α-hetero) is 1. The van der Waals surface area contributed by atoms with Gasteiger partial charge in [-0.2, -0.15) is 4.31 Å². The second kappa shape index (κ2) is 6.93. The molecule has 1 unspecified atom stereocenters. The van der Waals surface area contributed by atoms with Gasteiger partial charge in [-0.15, -0.1) is 0 Å². The van der Waals surface area contributed by atoms with Crippen molar-refractivity contribution in [3.8, 4) is 0 Å². The van der Waals surface area contributed by atoms with E-state index in [0.29, 0.717) is 10.6 Å². The molecule has 0 aliphatic carbocycles. The van der Waals surface area contributed by atoms with E-state index >= 15 is 0 Å². The molecule has 1 heterocycles. The molecule has 1 aliphatic heterocycles. The number of halogens is 1. The van der Waals surface area contributed by atoms with Gasteiger partial charge in [0.05, 0.1) is 10.9 Å². The molecule has 0 aromatic heterocycles. The quantitative estimate of drug-likeness (QED) is 0.475. The maximum absolute atomic E-state index is 13.2. The van der Waals surface area contributed by atoms with Crippen molar-refractivity contribution in [2.45, 2.75) is 17.0 Å². The second-order valence-corrected chi connectivity index (χ2v) is 8.60. The lowest BCUT2D eigenvalue weighted by Crippen LogP contribution is -2.19. The number of hydrogen-bond donors (Lipinski definition) is 0. The van der Waals surface area contributed by atoms with Gasteiger partial charge in [0.2, 0.25) is 10.0 Å². The molecule has 0 N–H and O–H groups in total. The van der Waals surface area contributed by atoms with Crippen LogP contribution >= 0.6 is 11.6 Å². The highest BCUT2D eigenvalue weighted by Gasteiger charge is 2.60. The zero-order valence-corrected chi connectivity index (χ0v) is 15.8. The van der Waals surface area contributed by atoms with Gasteiger partial charge in [-0.3, -0.25) is 4.79 Å². The molecule has 0 saturated carbocycles. The van der Waals surface area contributed by atoms with Gasteiger partial charge >= 0.3 is 0 Å². The number of carbonyl (C=O) groups excluding carboxylic acids is 1. The van der Waals surface area contributed by atoms with Crippen LogP contribution in [0.25, 0.3) is 0 Å². The molecule has 1 saturated heterocycles. The first-order valence-corrected chi connectivity index (χ1v) is 10.3. The van der Waals surface area contributed by atoms with Crippen LogP contribution in [0.5, 0.6) is 0 Å². The predicted octanol–water partition coefficient (Wildman–Crippen LogP) is 4.34. The molecule has 0 amide bonds. The van der Waals surface area contributed by atoms with Crippen LogP contribution in [0, 0.1) is 0 Å². The van der Waals surface area contributed by atoms with E-state index in [1.807, 2.05) is 36.4 Å². The van der Waals surface area contributed by atoms with E-state index in [1.165, 1.54) is 28.6 Å². The SMILES string of the molecule is O=C(c1ccccc1)[C@@H]1[C@H](c2ccccc2)N1S(=O)(=O)c1ccc(Cl)cc1. The third-order valence-electron chi connectivity index (χ3n) is 4.61. The molecule has 0 bridgehead atoms. The Morgan fingerprint density at radius 3 is 1.96 bits per heavy atom. The average molecular weight is 398 g/mol. The maximum Gasteiger partial charge on any atom is 0.244 e. The molecule has 1 fully saturated rings. The lowest BCUT2D eigenvalue weighted by Gasteiger charge is -2.07. The minimum atomic E-state index is -3.83. The van der Waals surface area contributed by atoms with Crippen LogP contribution in [0.3, 0.4) is 0 Å². The van der Waals surface area contributed by atoms with Crippen molar-refractivity contribution in [2.75, 3.05) is 0 Å². The molecular formula is C21H16ClNO3S. The smallest absolute Gasteiger partial charge is 0.244 e. The number of ketones is 1. The average Bonchev–Trinajstić information content (AvgIpc) is 3.46. The monoisotopic (exact) mass is 397 g/mol. The number of carbonyl (C=O) groups is 1. The summed E-state index contributed by atoms with van der Waals surface area (Å²) in [7, 11) is -3.83. The summed E-state index contributed by atoms with van der Waals surface area (Å²) in [4.78, 5) is 13.1. The highest BCUT2D eigenvalue weighted by Crippen LogP contribution is 2.49. The Kier molecular flexibility index (Phi) is 4.60. The Morgan fingerprint density at radius 2 is 1.37 bits per heavy atom. The topological polar surface area (TPSA) is 54.2 Å². The summed E-state index contributed by atoms with van der Waals surface area (Å²) in [6.45, 7) is 0. The molecule has 3 aromatic rings. The van der Waals surface area contributed by atoms with Crippen molar-refractivity contribution < 1.29 is 13.2 Å². The minimum absolute atomic E-state index is 0.121. The minimum Gasteiger partial charge on any atom is -0.292 e. The molecule has 1 aliphatic rings. The molecule has 3 atom stereocenters. The van der Waals surface area contributed by atoms with Crippen LogP contribution in [0.4, 0.5) is 0 Å². The highest BCUT2D eigenvalue weighted by atomic mass is 35.5. The Bertz CT molecular complexity index is 1070. The fraction of sp³-hybridized carbons (Fsp3) is 0.0952. The third kappa shape index (κ3) is 3.30. The summed E-state index contributed by atoms with van der Waals surface area (Å²) in [5.41, 5.74) is 1.29. The Balaban J connectivity index is 1.75. The largest absolute Gasteiger partial charge is 0.292 e. The van der Waals surface area contributed by atoms with E-state index in [0.717, 1.165) is 5.56 Å². The van der Waals surface area contributed by atoms with Crippen LogP contribution in [0.15, 0.2) is 89.8 Å². The zero-order chi connectivity index (χ0) is 19.0. The van der Waals surface area contributed by atoms with E-state index in [1.54, 1.807) is 24.3 Å². The predicted molar refractivity (Wildman–Crippen MR) is 104 cm³/mol. The summed E-state index contributed by atoms with van der Waals surface area (Å²) in [5, 5.41) is 0.455. The van der Waals surface area contributed by atoms with Crippen molar-refractivity contribution in [3.63, 3.8) is 0 Å². The van der Waals surface area contributed by atoms with Gasteiger partial charge in [-0.05, 0) is 29.8 Å². The second-order valence-electron chi connectivity index (χ2n) is 6.32. The van der Waals surface area contributed by atoms with Gasteiger partial charge in [-0.25, -0.2) is 8.42 Å². The number of nitrogens with zero attached hydrogens (tertiary/aromatic N) is 1. The van der Waals surface area contributed by atoms with Gasteiger partial charge in [0.25, 0.3) is 0 Å². The van der Waals surface area contributed by atoms with Crippen molar-refractivity contribution >= 4 is 27.4 Å². The molecule has 136 valence electrons. The van der Waals surface area contributed by atoms with E-state index in [4.69, 9.17) is 11.6 Å². The first kappa shape index (κ1) is 17.9. The molecular weight excluding hydrogens is 382 g/mol. The van der Waals surface area contributed by atoms with Gasteiger partial charge in [0.15, 0.2) is 5.78 Å². The number of sulfonamides is 1. The molecule has 0 spiro atoms. The molecule has 3 aromatic carbocycles. The third-order valence-corrected chi connectivity index (χ3v) is 6.74. The van der Waals surface area contributed by atoms with Gasteiger partial charge < -0.3 is 0 Å². The zero-order valence-electron chi connectivity index (χ0n) is 14.2. The van der Waals surface area contributed by atoms with Crippen LogP contribution in [-0.2, 0) is 10.0 Å². The van der Waals surface area contributed by atoms with Crippen LogP contribution < -0.4 is 0 Å². The summed E-state index contributed by atoms with van der Waals surface area (Å²) >= 11 is 5.88. The fourth-order valence-corrected chi connectivity index (χ4v) is 5.09. The summed E-state index contributed by atoms with van der Waals surface area (Å²) < 4.78 is 27.6. The lowest BCUT2D eigenvalue weighted by molar-refractivity contribution is 0.0981. The van der Waals surface area contributed by atoms with Crippen molar-refractivity contribution in [3.05, 3.63) is 101 Å². The van der Waals surface area contributed by atoms with E-state index in [-0.39, 0.29) is 10.7 Å². The van der Waals surface area contributed by atoms with Crippen LogP contribution in [0.2, 0.25) is 5.02 Å². The van der Waals surface area contributed by atoms with Crippen molar-refractivity contribution in [1.29, 1.82) is 0 Å². The Morgan fingerprint density at radius 1 is 0.815 bits per heavy atom. The summed E-state index contributed by atoms with van der Waals surface area (Å²) in [6, 6.07) is 22.7. The highest BCUT2D eigenvalue weighted by molar-refractivity contribution is 7.89. The number of benzene rings is 3. The summed E-state index contributed by atoms with van der Waals surface area (Å²) in [6.07, 6.45) is 0. The first-order valence-electron chi connectivity index (χ1n) is 8.43. The van der Waals surface area contributed by atoms with E-state index in [2.05, 4.69) is 0 Å². The Hall–Kier alpha value is -2.47. The van der Waals surface area contributed by atoms with Crippen molar-refractivity contribution in [2.24, 2.45) is 0 Å². The van der Waals surface area contributed by atoms with Crippen LogP contribution in [0.1, 0.15) is 22.0 Å². The van der Waals surface area contributed by atoms with E-state index < -0.39 is 22.1 Å². The van der Waals surface area contributed by atoms with Crippen molar-refractivity contribution in [1.82, 2.24) is 4.31 Å².